The maximum atomic E-state index is 12.5. The molecule has 0 aliphatic heterocycles. The Bertz CT molecular complexity index is 827. The fourth-order valence-corrected chi connectivity index (χ4v) is 2.11. The maximum Gasteiger partial charge on any atom is 0.387 e. The first-order valence-corrected chi connectivity index (χ1v) is 7.73. The Balaban J connectivity index is 2.18. The van der Waals surface area contributed by atoms with Crippen LogP contribution in [-0.2, 0) is 4.79 Å². The van der Waals surface area contributed by atoms with Crippen molar-refractivity contribution in [3.63, 3.8) is 0 Å². The van der Waals surface area contributed by atoms with Crippen molar-refractivity contribution in [3.8, 4) is 17.6 Å². The van der Waals surface area contributed by atoms with E-state index in [1.165, 1.54) is 24.3 Å². The molecule has 0 bridgehead atoms. The number of amides is 1. The fraction of sp³-hybridized carbons (Fsp3) is 0.158. The zero-order valence-electron chi connectivity index (χ0n) is 13.9. The minimum absolute atomic E-state index is 0.121. The first-order valence-electron chi connectivity index (χ1n) is 7.73. The highest BCUT2D eigenvalue weighted by Crippen LogP contribution is 2.23. The minimum Gasteiger partial charge on any atom is -0.494 e. The average Bonchev–Trinajstić information content (AvgIpc) is 2.62. The van der Waals surface area contributed by atoms with E-state index in [0.29, 0.717) is 18.0 Å². The molecular weight excluding hydrogens is 342 g/mol. The number of carbonyl (C=O) groups excluding carboxylic acids is 1. The van der Waals surface area contributed by atoms with Gasteiger partial charge >= 0.3 is 6.61 Å². The predicted molar refractivity (Wildman–Crippen MR) is 92.9 cm³/mol. The van der Waals surface area contributed by atoms with Crippen molar-refractivity contribution in [2.75, 3.05) is 11.9 Å². The molecule has 26 heavy (non-hydrogen) atoms. The van der Waals surface area contributed by atoms with Gasteiger partial charge in [0, 0.05) is 11.3 Å². The molecule has 5 nitrogen and oxygen atoms in total. The Morgan fingerprint density at radius 3 is 2.54 bits per heavy atom. The van der Waals surface area contributed by atoms with E-state index in [2.05, 4.69) is 10.1 Å². The van der Waals surface area contributed by atoms with E-state index in [-0.39, 0.29) is 16.9 Å². The molecule has 0 saturated heterocycles. The molecule has 2 rings (SSSR count). The highest BCUT2D eigenvalue weighted by molar-refractivity contribution is 6.09. The standard InChI is InChI=1S/C19H16F2N2O3/c1-2-25-16-9-7-15(8-10-16)23-18(24)14(12-22)11-13-5-3-4-6-17(13)26-19(20)21/h3-11,19H,2H2,1H3,(H,23,24)/b14-11+. The number of rotatable bonds is 7. The van der Waals surface area contributed by atoms with Crippen LogP contribution in [-0.4, -0.2) is 19.1 Å². The Kier molecular flexibility index (Phi) is 6.68. The highest BCUT2D eigenvalue weighted by Gasteiger charge is 2.13. The summed E-state index contributed by atoms with van der Waals surface area (Å²) in [5, 5.41) is 11.8. The Morgan fingerprint density at radius 2 is 1.92 bits per heavy atom. The Hall–Kier alpha value is -3.40. The smallest absolute Gasteiger partial charge is 0.387 e. The number of hydrogen-bond donors (Lipinski definition) is 1. The maximum absolute atomic E-state index is 12.5. The lowest BCUT2D eigenvalue weighted by molar-refractivity contribution is -0.112. The molecule has 7 heteroatoms. The zero-order chi connectivity index (χ0) is 18.9. The van der Waals surface area contributed by atoms with Crippen molar-refractivity contribution < 1.29 is 23.0 Å². The molecule has 2 aromatic rings. The van der Waals surface area contributed by atoms with Crippen molar-refractivity contribution >= 4 is 17.7 Å². The zero-order valence-corrected chi connectivity index (χ0v) is 13.9. The number of para-hydroxylation sites is 1. The number of alkyl halides is 2. The molecule has 0 aromatic heterocycles. The molecular formula is C19H16F2N2O3. The van der Waals surface area contributed by atoms with Crippen LogP contribution in [0, 0.1) is 11.3 Å². The summed E-state index contributed by atoms with van der Waals surface area (Å²) in [6, 6.07) is 14.3. The van der Waals surface area contributed by atoms with Crippen LogP contribution in [0.1, 0.15) is 12.5 Å². The molecule has 1 N–H and O–H groups in total. The Morgan fingerprint density at radius 1 is 1.23 bits per heavy atom. The number of hydrogen-bond acceptors (Lipinski definition) is 4. The first kappa shape index (κ1) is 18.9. The second kappa shape index (κ2) is 9.18. The summed E-state index contributed by atoms with van der Waals surface area (Å²) in [5.41, 5.74) is 0.423. The third-order valence-corrected chi connectivity index (χ3v) is 3.22. The number of ether oxygens (including phenoxy) is 2. The van der Waals surface area contributed by atoms with Crippen LogP contribution in [0.15, 0.2) is 54.1 Å². The summed E-state index contributed by atoms with van der Waals surface area (Å²) in [5.74, 6) is -0.132. The van der Waals surface area contributed by atoms with E-state index in [0.717, 1.165) is 0 Å². The lowest BCUT2D eigenvalue weighted by Crippen LogP contribution is -2.13. The molecule has 0 heterocycles. The summed E-state index contributed by atoms with van der Waals surface area (Å²) >= 11 is 0. The monoisotopic (exact) mass is 358 g/mol. The largest absolute Gasteiger partial charge is 0.494 e. The van der Waals surface area contributed by atoms with Gasteiger partial charge in [0.25, 0.3) is 5.91 Å². The number of nitrogens with one attached hydrogen (secondary N) is 1. The molecule has 0 unspecified atom stereocenters. The van der Waals surface area contributed by atoms with Crippen LogP contribution in [0.2, 0.25) is 0 Å². The highest BCUT2D eigenvalue weighted by atomic mass is 19.3. The number of nitriles is 1. The molecule has 0 saturated carbocycles. The van der Waals surface area contributed by atoms with Crippen LogP contribution in [0.25, 0.3) is 6.08 Å². The third-order valence-electron chi connectivity index (χ3n) is 3.22. The van der Waals surface area contributed by atoms with Gasteiger partial charge in [-0.25, -0.2) is 0 Å². The van der Waals surface area contributed by atoms with E-state index in [1.54, 1.807) is 36.4 Å². The number of carbonyl (C=O) groups is 1. The fourth-order valence-electron chi connectivity index (χ4n) is 2.11. The topological polar surface area (TPSA) is 71.3 Å². The quantitative estimate of drug-likeness (QED) is 0.594. The summed E-state index contributed by atoms with van der Waals surface area (Å²) in [7, 11) is 0. The van der Waals surface area contributed by atoms with Crippen molar-refractivity contribution in [2.24, 2.45) is 0 Å². The van der Waals surface area contributed by atoms with Gasteiger partial charge in [0.2, 0.25) is 0 Å². The molecule has 0 atom stereocenters. The molecule has 134 valence electrons. The molecule has 1 amide bonds. The summed E-state index contributed by atoms with van der Waals surface area (Å²) < 4.78 is 34.6. The van der Waals surface area contributed by atoms with Crippen LogP contribution in [0.3, 0.4) is 0 Å². The lowest BCUT2D eigenvalue weighted by Gasteiger charge is -2.09. The molecule has 0 spiro atoms. The van der Waals surface area contributed by atoms with E-state index in [4.69, 9.17) is 4.74 Å². The molecule has 0 radical (unpaired) electrons. The van der Waals surface area contributed by atoms with Crippen molar-refractivity contribution in [2.45, 2.75) is 13.5 Å². The van der Waals surface area contributed by atoms with Gasteiger partial charge in [0.05, 0.1) is 6.61 Å². The van der Waals surface area contributed by atoms with Crippen molar-refractivity contribution in [3.05, 3.63) is 59.7 Å². The summed E-state index contributed by atoms with van der Waals surface area (Å²) in [6.45, 7) is -0.629. The second-order valence-corrected chi connectivity index (χ2v) is 5.00. The van der Waals surface area contributed by atoms with Crippen LogP contribution >= 0.6 is 0 Å². The third kappa shape index (κ3) is 5.31. The number of anilines is 1. The number of halogens is 2. The SMILES string of the molecule is CCOc1ccc(NC(=O)/C(C#N)=C/c2ccccc2OC(F)F)cc1. The molecule has 0 aliphatic rings. The summed E-state index contributed by atoms with van der Waals surface area (Å²) in [4.78, 5) is 12.3. The van der Waals surface area contributed by atoms with E-state index in [1.807, 2.05) is 6.92 Å². The van der Waals surface area contributed by atoms with Gasteiger partial charge in [-0.2, -0.15) is 14.0 Å². The average molecular weight is 358 g/mol. The predicted octanol–water partition coefficient (Wildman–Crippen LogP) is 4.23. The van der Waals surface area contributed by atoms with E-state index >= 15 is 0 Å². The number of nitrogens with zero attached hydrogens (tertiary/aromatic N) is 1. The van der Waals surface area contributed by atoms with Gasteiger partial charge in [0.15, 0.2) is 0 Å². The summed E-state index contributed by atoms with van der Waals surface area (Å²) in [6.07, 6.45) is 1.20. The van der Waals surface area contributed by atoms with Gasteiger partial charge in [-0.05, 0) is 43.3 Å². The first-order chi connectivity index (χ1) is 12.5. The minimum atomic E-state index is -3.01. The lowest BCUT2D eigenvalue weighted by atomic mass is 10.1. The Labute approximate surface area is 149 Å². The number of benzene rings is 2. The van der Waals surface area contributed by atoms with Gasteiger partial charge in [-0.3, -0.25) is 4.79 Å². The van der Waals surface area contributed by atoms with Gasteiger partial charge in [0.1, 0.15) is 23.1 Å². The van der Waals surface area contributed by atoms with Gasteiger partial charge < -0.3 is 14.8 Å². The van der Waals surface area contributed by atoms with Crippen LogP contribution in [0.5, 0.6) is 11.5 Å². The van der Waals surface area contributed by atoms with Crippen LogP contribution in [0.4, 0.5) is 14.5 Å². The molecule has 2 aromatic carbocycles. The normalized spacial score (nSPS) is 11.0. The van der Waals surface area contributed by atoms with Crippen molar-refractivity contribution in [1.29, 1.82) is 5.26 Å². The van der Waals surface area contributed by atoms with Gasteiger partial charge in [-0.1, -0.05) is 18.2 Å². The van der Waals surface area contributed by atoms with Crippen LogP contribution < -0.4 is 14.8 Å². The van der Waals surface area contributed by atoms with E-state index in [9.17, 15) is 18.8 Å². The second-order valence-electron chi connectivity index (χ2n) is 5.00. The van der Waals surface area contributed by atoms with Crippen molar-refractivity contribution in [1.82, 2.24) is 0 Å². The molecule has 0 fully saturated rings. The van der Waals surface area contributed by atoms with E-state index < -0.39 is 12.5 Å². The molecule has 0 aliphatic carbocycles. The van der Waals surface area contributed by atoms with Gasteiger partial charge in [-0.15, -0.1) is 0 Å².